The van der Waals surface area contributed by atoms with Crippen LogP contribution < -0.4 is 5.32 Å². The van der Waals surface area contributed by atoms with Crippen LogP contribution in [0.15, 0.2) is 0 Å². The van der Waals surface area contributed by atoms with E-state index in [4.69, 9.17) is 0 Å². The molecule has 1 aliphatic carbocycles. The van der Waals surface area contributed by atoms with E-state index < -0.39 is 0 Å². The minimum atomic E-state index is -0.307. The van der Waals surface area contributed by atoms with Crippen LogP contribution in [0.4, 0.5) is 0 Å². The molecule has 4 heteroatoms. The summed E-state index contributed by atoms with van der Waals surface area (Å²) in [6, 6.07) is -0.140. The topological polar surface area (TPSA) is 49.4 Å². The van der Waals surface area contributed by atoms with Gasteiger partial charge in [0.15, 0.2) is 0 Å². The Morgan fingerprint density at radius 3 is 2.32 bits per heavy atom. The monoisotopic (exact) mass is 266 g/mol. The van der Waals surface area contributed by atoms with Crippen molar-refractivity contribution in [3.63, 3.8) is 0 Å². The number of carbonyl (C=O) groups excluding carboxylic acids is 2. The van der Waals surface area contributed by atoms with Crippen molar-refractivity contribution in [2.45, 2.75) is 83.3 Å². The Labute approximate surface area is 115 Å². The van der Waals surface area contributed by atoms with Crippen LogP contribution in [0.5, 0.6) is 0 Å². The molecule has 108 valence electrons. The van der Waals surface area contributed by atoms with E-state index in [1.807, 2.05) is 0 Å². The Hall–Kier alpha value is -0.900. The summed E-state index contributed by atoms with van der Waals surface area (Å²) in [6.45, 7) is 6.36. The summed E-state index contributed by atoms with van der Waals surface area (Å²) in [7, 11) is 0. The first kappa shape index (κ1) is 14.5. The molecule has 0 aromatic rings. The third-order valence-corrected chi connectivity index (χ3v) is 4.96. The van der Waals surface area contributed by atoms with Crippen molar-refractivity contribution in [3.8, 4) is 0 Å². The van der Waals surface area contributed by atoms with Gasteiger partial charge in [-0.05, 0) is 32.6 Å². The predicted octanol–water partition coefficient (Wildman–Crippen LogP) is 2.22. The molecule has 1 saturated carbocycles. The molecule has 2 fully saturated rings. The molecule has 1 saturated heterocycles. The van der Waals surface area contributed by atoms with Gasteiger partial charge in [0.05, 0.1) is 12.5 Å². The first-order valence-corrected chi connectivity index (χ1v) is 7.64. The van der Waals surface area contributed by atoms with E-state index in [-0.39, 0.29) is 29.4 Å². The van der Waals surface area contributed by atoms with E-state index >= 15 is 0 Å². The number of rotatable bonds is 5. The van der Waals surface area contributed by atoms with Gasteiger partial charge >= 0.3 is 0 Å². The SMILES string of the molecule is CCC(C)(CC)NC1CC(=O)N(C2CCCC2)C1=O. The quantitative estimate of drug-likeness (QED) is 0.776. The standard InChI is InChI=1S/C15H26N2O2/c1-4-15(3,5-2)16-12-10-13(18)17(14(12)19)11-8-6-7-9-11/h11-12,16H,4-10H2,1-3H3. The van der Waals surface area contributed by atoms with Gasteiger partial charge in [-0.15, -0.1) is 0 Å². The lowest BCUT2D eigenvalue weighted by atomic mass is 9.94. The van der Waals surface area contributed by atoms with E-state index in [9.17, 15) is 9.59 Å². The van der Waals surface area contributed by atoms with E-state index in [1.165, 1.54) is 0 Å². The minimum Gasteiger partial charge on any atom is -0.300 e. The molecule has 2 amide bonds. The third kappa shape index (κ3) is 2.83. The second-order valence-corrected chi connectivity index (χ2v) is 6.21. The molecule has 1 heterocycles. The molecule has 2 rings (SSSR count). The second-order valence-electron chi connectivity index (χ2n) is 6.21. The molecule has 4 nitrogen and oxygen atoms in total. The van der Waals surface area contributed by atoms with Gasteiger partial charge in [-0.2, -0.15) is 0 Å². The number of imide groups is 1. The molecule has 1 unspecified atom stereocenters. The Morgan fingerprint density at radius 1 is 1.21 bits per heavy atom. The largest absolute Gasteiger partial charge is 0.300 e. The molecular formula is C15H26N2O2. The van der Waals surface area contributed by atoms with Crippen LogP contribution in [-0.4, -0.2) is 34.3 Å². The van der Waals surface area contributed by atoms with Gasteiger partial charge in [-0.25, -0.2) is 0 Å². The van der Waals surface area contributed by atoms with Crippen molar-refractivity contribution in [1.82, 2.24) is 10.2 Å². The molecular weight excluding hydrogens is 240 g/mol. The van der Waals surface area contributed by atoms with E-state index in [2.05, 4.69) is 26.1 Å². The number of carbonyl (C=O) groups is 2. The van der Waals surface area contributed by atoms with E-state index in [0.29, 0.717) is 6.42 Å². The van der Waals surface area contributed by atoms with Crippen molar-refractivity contribution < 1.29 is 9.59 Å². The van der Waals surface area contributed by atoms with Crippen LogP contribution in [0, 0.1) is 0 Å². The first-order valence-electron chi connectivity index (χ1n) is 7.64. The summed E-state index contributed by atoms with van der Waals surface area (Å²) in [5.74, 6) is 0.0222. The van der Waals surface area contributed by atoms with Gasteiger partial charge in [-0.3, -0.25) is 14.5 Å². The summed E-state index contributed by atoms with van der Waals surface area (Å²) in [4.78, 5) is 26.1. The van der Waals surface area contributed by atoms with Crippen molar-refractivity contribution >= 4 is 11.8 Å². The third-order valence-electron chi connectivity index (χ3n) is 4.96. The van der Waals surface area contributed by atoms with Gasteiger partial charge in [-0.1, -0.05) is 26.7 Å². The average Bonchev–Trinajstić information content (AvgIpc) is 2.99. The molecule has 1 aliphatic heterocycles. The van der Waals surface area contributed by atoms with Gasteiger partial charge in [0.25, 0.3) is 0 Å². The van der Waals surface area contributed by atoms with E-state index in [1.54, 1.807) is 4.90 Å². The fourth-order valence-electron chi connectivity index (χ4n) is 3.18. The zero-order valence-corrected chi connectivity index (χ0v) is 12.4. The zero-order valence-electron chi connectivity index (χ0n) is 12.4. The number of nitrogens with one attached hydrogen (secondary N) is 1. The maximum Gasteiger partial charge on any atom is 0.247 e. The molecule has 0 aromatic heterocycles. The highest BCUT2D eigenvalue weighted by Crippen LogP contribution is 2.29. The number of hydrogen-bond acceptors (Lipinski definition) is 3. The fraction of sp³-hybridized carbons (Fsp3) is 0.867. The zero-order chi connectivity index (χ0) is 14.0. The van der Waals surface area contributed by atoms with Crippen LogP contribution >= 0.6 is 0 Å². The maximum absolute atomic E-state index is 12.5. The van der Waals surface area contributed by atoms with Gasteiger partial charge in [0, 0.05) is 11.6 Å². The highest BCUT2D eigenvalue weighted by Gasteiger charge is 2.44. The Bertz CT molecular complexity index is 357. The van der Waals surface area contributed by atoms with E-state index in [0.717, 1.165) is 38.5 Å². The van der Waals surface area contributed by atoms with Crippen molar-refractivity contribution in [2.75, 3.05) is 0 Å². The van der Waals surface area contributed by atoms with Gasteiger partial charge in [0.1, 0.15) is 0 Å². The van der Waals surface area contributed by atoms with Crippen LogP contribution in [-0.2, 0) is 9.59 Å². The molecule has 0 spiro atoms. The maximum atomic E-state index is 12.5. The average molecular weight is 266 g/mol. The van der Waals surface area contributed by atoms with Crippen LogP contribution in [0.25, 0.3) is 0 Å². The predicted molar refractivity (Wildman–Crippen MR) is 74.6 cm³/mol. The highest BCUT2D eigenvalue weighted by molar-refractivity contribution is 6.05. The lowest BCUT2D eigenvalue weighted by Gasteiger charge is -2.31. The molecule has 19 heavy (non-hydrogen) atoms. The normalized spacial score (nSPS) is 25.6. The molecule has 0 bridgehead atoms. The lowest BCUT2D eigenvalue weighted by Crippen LogP contribution is -2.51. The molecule has 2 aliphatic rings. The Kier molecular flexibility index (Phi) is 4.29. The number of amides is 2. The summed E-state index contributed by atoms with van der Waals surface area (Å²) < 4.78 is 0. The first-order chi connectivity index (χ1) is 9.00. The van der Waals surface area contributed by atoms with Crippen molar-refractivity contribution in [2.24, 2.45) is 0 Å². The summed E-state index contributed by atoms with van der Waals surface area (Å²) in [6.07, 6.45) is 6.52. The number of nitrogens with zero attached hydrogens (tertiary/aromatic N) is 1. The smallest absolute Gasteiger partial charge is 0.247 e. The van der Waals surface area contributed by atoms with Crippen LogP contribution in [0.1, 0.15) is 65.7 Å². The van der Waals surface area contributed by atoms with Crippen molar-refractivity contribution in [1.29, 1.82) is 0 Å². The van der Waals surface area contributed by atoms with Gasteiger partial charge in [0.2, 0.25) is 11.8 Å². The summed E-state index contributed by atoms with van der Waals surface area (Å²) >= 11 is 0. The highest BCUT2D eigenvalue weighted by atomic mass is 16.2. The number of likely N-dealkylation sites (tertiary alicyclic amines) is 1. The Morgan fingerprint density at radius 2 is 1.79 bits per heavy atom. The van der Waals surface area contributed by atoms with Gasteiger partial charge < -0.3 is 5.32 Å². The molecule has 1 atom stereocenters. The van der Waals surface area contributed by atoms with Crippen LogP contribution in [0.2, 0.25) is 0 Å². The molecule has 0 aromatic carbocycles. The summed E-state index contributed by atoms with van der Waals surface area (Å²) in [5, 5.41) is 3.41. The van der Waals surface area contributed by atoms with Crippen molar-refractivity contribution in [3.05, 3.63) is 0 Å². The Balaban J connectivity index is 2.05. The molecule has 0 radical (unpaired) electrons. The van der Waals surface area contributed by atoms with Crippen LogP contribution in [0.3, 0.4) is 0 Å². The number of hydrogen-bond donors (Lipinski definition) is 1. The second kappa shape index (κ2) is 5.61. The minimum absolute atomic E-state index is 0.00465. The molecule has 1 N–H and O–H groups in total. The fourth-order valence-corrected chi connectivity index (χ4v) is 3.18. The summed E-state index contributed by atoms with van der Waals surface area (Å²) in [5.41, 5.74) is -0.0493. The lowest BCUT2D eigenvalue weighted by molar-refractivity contribution is -0.141.